The number of ether oxygens (including phenoxy) is 1. The molecule has 0 radical (unpaired) electrons. The van der Waals surface area contributed by atoms with Gasteiger partial charge >= 0.3 is 0 Å². The van der Waals surface area contributed by atoms with Crippen LogP contribution in [-0.2, 0) is 4.74 Å². The van der Waals surface area contributed by atoms with Crippen molar-refractivity contribution in [2.75, 3.05) is 20.2 Å². The Balaban J connectivity index is 1.96. The second-order valence-corrected chi connectivity index (χ2v) is 5.13. The van der Waals surface area contributed by atoms with Crippen LogP contribution in [0, 0.1) is 0 Å². The Labute approximate surface area is 117 Å². The third-order valence-corrected chi connectivity index (χ3v) is 3.85. The van der Waals surface area contributed by atoms with Gasteiger partial charge in [-0.05, 0) is 17.7 Å². The zero-order chi connectivity index (χ0) is 13.2. The molecule has 0 aliphatic carbocycles. The van der Waals surface area contributed by atoms with E-state index in [4.69, 9.17) is 16.3 Å². The van der Waals surface area contributed by atoms with E-state index in [2.05, 4.69) is 14.9 Å². The lowest BCUT2D eigenvalue weighted by molar-refractivity contribution is 0.0870. The summed E-state index contributed by atoms with van der Waals surface area (Å²) in [7, 11) is 1.75. The van der Waals surface area contributed by atoms with Crippen molar-refractivity contribution >= 4 is 11.6 Å². The zero-order valence-corrected chi connectivity index (χ0v) is 11.5. The smallest absolute Gasteiger partial charge is 0.0954 e. The number of hydrogen-bond acceptors (Lipinski definition) is 3. The Kier molecular flexibility index (Phi) is 3.55. The largest absolute Gasteiger partial charge is 0.378 e. The van der Waals surface area contributed by atoms with Gasteiger partial charge < -0.3 is 14.6 Å². The fourth-order valence-electron chi connectivity index (χ4n) is 2.57. The van der Waals surface area contributed by atoms with E-state index in [1.54, 1.807) is 7.11 Å². The lowest BCUT2D eigenvalue weighted by Gasteiger charge is -2.21. The van der Waals surface area contributed by atoms with Gasteiger partial charge in [0.05, 0.1) is 30.4 Å². The Morgan fingerprint density at radius 3 is 2.84 bits per heavy atom. The van der Waals surface area contributed by atoms with E-state index in [1.807, 2.05) is 36.8 Å². The molecular weight excluding hydrogens is 262 g/mol. The highest BCUT2D eigenvalue weighted by atomic mass is 35.5. The lowest BCUT2D eigenvalue weighted by Crippen LogP contribution is -2.24. The van der Waals surface area contributed by atoms with Crippen LogP contribution in [-0.4, -0.2) is 35.9 Å². The maximum absolute atomic E-state index is 5.93. The number of rotatable bonds is 3. The summed E-state index contributed by atoms with van der Waals surface area (Å²) in [5, 5.41) is 4.10. The van der Waals surface area contributed by atoms with Gasteiger partial charge in [-0.2, -0.15) is 0 Å². The van der Waals surface area contributed by atoms with Gasteiger partial charge in [-0.3, -0.25) is 0 Å². The van der Waals surface area contributed by atoms with Gasteiger partial charge in [-0.15, -0.1) is 0 Å². The number of hydrogen-bond donors (Lipinski definition) is 1. The first-order valence-corrected chi connectivity index (χ1v) is 6.68. The summed E-state index contributed by atoms with van der Waals surface area (Å²) in [5.41, 5.74) is 2.20. The van der Waals surface area contributed by atoms with Crippen molar-refractivity contribution in [3.8, 4) is 11.3 Å². The Morgan fingerprint density at radius 1 is 1.32 bits per heavy atom. The first-order valence-electron chi connectivity index (χ1n) is 6.31. The normalized spacial score (nSPS) is 22.8. The molecule has 19 heavy (non-hydrogen) atoms. The van der Waals surface area contributed by atoms with Gasteiger partial charge in [0.1, 0.15) is 0 Å². The molecule has 2 aromatic rings. The Morgan fingerprint density at radius 2 is 2.11 bits per heavy atom. The van der Waals surface area contributed by atoms with Crippen molar-refractivity contribution in [3.63, 3.8) is 0 Å². The predicted molar refractivity (Wildman–Crippen MR) is 75.4 cm³/mol. The van der Waals surface area contributed by atoms with Crippen LogP contribution in [0.1, 0.15) is 6.04 Å². The molecule has 0 bridgehead atoms. The van der Waals surface area contributed by atoms with Gasteiger partial charge in [0, 0.05) is 25.2 Å². The first-order chi connectivity index (χ1) is 9.29. The van der Waals surface area contributed by atoms with E-state index < -0.39 is 0 Å². The van der Waals surface area contributed by atoms with Crippen LogP contribution in [0.3, 0.4) is 0 Å². The lowest BCUT2D eigenvalue weighted by atomic mass is 10.1. The summed E-state index contributed by atoms with van der Waals surface area (Å²) in [6.45, 7) is 1.77. The van der Waals surface area contributed by atoms with Gasteiger partial charge in [0.25, 0.3) is 0 Å². The molecule has 3 rings (SSSR count). The maximum atomic E-state index is 5.93. The van der Waals surface area contributed by atoms with Crippen molar-refractivity contribution in [1.29, 1.82) is 0 Å². The van der Waals surface area contributed by atoms with Crippen molar-refractivity contribution in [3.05, 3.63) is 41.8 Å². The fourth-order valence-corrected chi connectivity index (χ4v) is 2.70. The van der Waals surface area contributed by atoms with E-state index in [0.29, 0.717) is 0 Å². The molecule has 1 aromatic carbocycles. The molecule has 2 heterocycles. The number of benzene rings is 1. The van der Waals surface area contributed by atoms with E-state index in [1.165, 1.54) is 0 Å². The SMILES string of the molecule is CO[C@H]1CNCC1n1cncc1-c1ccc(Cl)cc1. The highest BCUT2D eigenvalue weighted by Crippen LogP contribution is 2.27. The van der Waals surface area contributed by atoms with Crippen LogP contribution in [0.4, 0.5) is 0 Å². The van der Waals surface area contributed by atoms with E-state index in [-0.39, 0.29) is 12.1 Å². The van der Waals surface area contributed by atoms with Crippen molar-refractivity contribution < 1.29 is 4.74 Å². The first kappa shape index (κ1) is 12.7. The van der Waals surface area contributed by atoms with Gasteiger partial charge in [-0.25, -0.2) is 4.98 Å². The number of halogens is 1. The minimum atomic E-state index is 0.181. The van der Waals surface area contributed by atoms with Crippen LogP contribution in [0.5, 0.6) is 0 Å². The van der Waals surface area contributed by atoms with Crippen LogP contribution in [0.25, 0.3) is 11.3 Å². The van der Waals surface area contributed by atoms with Crippen LogP contribution in [0.2, 0.25) is 5.02 Å². The third kappa shape index (κ3) is 2.39. The molecule has 1 N–H and O–H groups in total. The minimum absolute atomic E-state index is 0.181. The van der Waals surface area contributed by atoms with Crippen LogP contribution < -0.4 is 5.32 Å². The van der Waals surface area contributed by atoms with Crippen LogP contribution in [0.15, 0.2) is 36.8 Å². The average Bonchev–Trinajstić information content (AvgIpc) is 3.07. The topological polar surface area (TPSA) is 39.1 Å². The Bertz CT molecular complexity index is 552. The van der Waals surface area contributed by atoms with Crippen molar-refractivity contribution in [2.24, 2.45) is 0 Å². The molecule has 1 saturated heterocycles. The molecule has 100 valence electrons. The molecule has 0 amide bonds. The minimum Gasteiger partial charge on any atom is -0.378 e. The summed E-state index contributed by atoms with van der Waals surface area (Å²) < 4.78 is 7.70. The zero-order valence-electron chi connectivity index (χ0n) is 10.7. The molecule has 5 heteroatoms. The second-order valence-electron chi connectivity index (χ2n) is 4.69. The molecule has 4 nitrogen and oxygen atoms in total. The highest BCUT2D eigenvalue weighted by molar-refractivity contribution is 6.30. The molecular formula is C14H16ClN3O. The van der Waals surface area contributed by atoms with E-state index >= 15 is 0 Å². The standard InChI is InChI=1S/C14H16ClN3O/c1-19-14-8-16-7-13(14)18-9-17-6-12(18)10-2-4-11(15)5-3-10/h2-6,9,13-14,16H,7-8H2,1H3/t13?,14-/m0/s1. The molecule has 1 aromatic heterocycles. The van der Waals surface area contributed by atoms with E-state index in [0.717, 1.165) is 29.4 Å². The van der Waals surface area contributed by atoms with Gasteiger partial charge in [0.2, 0.25) is 0 Å². The molecule has 1 aliphatic rings. The Hall–Kier alpha value is -1.36. The van der Waals surface area contributed by atoms with Crippen molar-refractivity contribution in [2.45, 2.75) is 12.1 Å². The molecule has 1 unspecified atom stereocenters. The number of imidazole rings is 1. The van der Waals surface area contributed by atoms with E-state index in [9.17, 15) is 0 Å². The second kappa shape index (κ2) is 5.33. The third-order valence-electron chi connectivity index (χ3n) is 3.59. The summed E-state index contributed by atoms with van der Waals surface area (Å²) in [6.07, 6.45) is 3.93. The number of nitrogens with zero attached hydrogens (tertiary/aromatic N) is 2. The maximum Gasteiger partial charge on any atom is 0.0954 e. The molecule has 2 atom stereocenters. The summed E-state index contributed by atoms with van der Waals surface area (Å²) in [6, 6.07) is 8.10. The summed E-state index contributed by atoms with van der Waals surface area (Å²) in [4.78, 5) is 4.28. The fraction of sp³-hybridized carbons (Fsp3) is 0.357. The van der Waals surface area contributed by atoms with Crippen LogP contribution >= 0.6 is 11.6 Å². The van der Waals surface area contributed by atoms with Gasteiger partial charge in [0.15, 0.2) is 0 Å². The summed E-state index contributed by atoms with van der Waals surface area (Å²) in [5.74, 6) is 0. The molecule has 1 fully saturated rings. The van der Waals surface area contributed by atoms with Crippen molar-refractivity contribution in [1.82, 2.24) is 14.9 Å². The average molecular weight is 278 g/mol. The predicted octanol–water partition coefficient (Wildman–Crippen LogP) is 2.36. The quantitative estimate of drug-likeness (QED) is 0.936. The number of aromatic nitrogens is 2. The molecule has 1 aliphatic heterocycles. The number of methoxy groups -OCH3 is 1. The monoisotopic (exact) mass is 277 g/mol. The summed E-state index contributed by atoms with van der Waals surface area (Å²) >= 11 is 5.93. The molecule has 0 spiro atoms. The van der Waals surface area contributed by atoms with Gasteiger partial charge in [-0.1, -0.05) is 23.7 Å². The number of nitrogens with one attached hydrogen (secondary N) is 1. The molecule has 0 saturated carbocycles. The highest BCUT2D eigenvalue weighted by Gasteiger charge is 2.29.